The molecule has 0 aromatic carbocycles. The van der Waals surface area contributed by atoms with Crippen molar-refractivity contribution >= 4 is 16.0 Å². The van der Waals surface area contributed by atoms with Gasteiger partial charge in [0.1, 0.15) is 6.54 Å². The van der Waals surface area contributed by atoms with Crippen LogP contribution in [0.3, 0.4) is 0 Å². The van der Waals surface area contributed by atoms with Crippen LogP contribution >= 0.6 is 0 Å². The highest BCUT2D eigenvalue weighted by Crippen LogP contribution is 2.11. The summed E-state index contributed by atoms with van der Waals surface area (Å²) >= 11 is 0. The topological polar surface area (TPSA) is 86.3 Å². The lowest BCUT2D eigenvalue weighted by Crippen LogP contribution is -2.57. The Hall–Kier alpha value is -0.920. The zero-order valence-electron chi connectivity index (χ0n) is 12.1. The molecule has 0 unspecified atom stereocenters. The quantitative estimate of drug-likeness (QED) is 0.390. The molecule has 19 heavy (non-hydrogen) atoms. The van der Waals surface area contributed by atoms with E-state index in [0.717, 1.165) is 0 Å². The van der Waals surface area contributed by atoms with E-state index < -0.39 is 15.7 Å². The van der Waals surface area contributed by atoms with Gasteiger partial charge in [-0.1, -0.05) is 6.58 Å². The fourth-order valence-electron chi connectivity index (χ4n) is 2.24. The molecule has 112 valence electrons. The second kappa shape index (κ2) is 6.49. The van der Waals surface area contributed by atoms with Gasteiger partial charge < -0.3 is 14.4 Å². The van der Waals surface area contributed by atoms with Crippen molar-refractivity contribution < 1.29 is 22.2 Å². The van der Waals surface area contributed by atoms with Gasteiger partial charge >= 0.3 is 0 Å². The molecule has 0 aliphatic rings. The van der Waals surface area contributed by atoms with Crippen molar-refractivity contribution in [2.75, 3.05) is 32.9 Å². The van der Waals surface area contributed by atoms with Crippen molar-refractivity contribution in [1.29, 1.82) is 0 Å². The highest BCUT2D eigenvalue weighted by Gasteiger charge is 2.29. The average molecular weight is 292 g/mol. The summed E-state index contributed by atoms with van der Waals surface area (Å²) in [6.45, 7) is 8.34. The van der Waals surface area contributed by atoms with Crippen molar-refractivity contribution in [2.24, 2.45) is 0 Å². The lowest BCUT2D eigenvalue weighted by Gasteiger charge is -2.37. The van der Waals surface area contributed by atoms with E-state index in [0.29, 0.717) is 24.0 Å². The molecule has 1 N–H and O–H groups in total. The molecule has 0 aromatic heterocycles. The van der Waals surface area contributed by atoms with Crippen LogP contribution in [0.25, 0.3) is 0 Å². The molecule has 0 fully saturated rings. The number of carbonyl (C=O) groups is 1. The normalized spacial score (nSPS) is 13.1. The van der Waals surface area contributed by atoms with Gasteiger partial charge in [0, 0.05) is 12.2 Å². The Kier molecular flexibility index (Phi) is 6.18. The molecule has 0 saturated heterocycles. The molecule has 0 spiro atoms. The summed E-state index contributed by atoms with van der Waals surface area (Å²) in [6.07, 6.45) is 1.52. The number of rotatable bonds is 8. The first-order chi connectivity index (χ1) is 8.37. The minimum absolute atomic E-state index is 0.243. The summed E-state index contributed by atoms with van der Waals surface area (Å²) in [6, 6.07) is 0. The van der Waals surface area contributed by atoms with Crippen LogP contribution < -0.4 is 5.32 Å². The maximum Gasteiger partial charge on any atom is 0.243 e. The lowest BCUT2D eigenvalue weighted by molar-refractivity contribution is -0.893. The maximum absolute atomic E-state index is 11.3. The van der Waals surface area contributed by atoms with E-state index in [9.17, 15) is 17.8 Å². The van der Waals surface area contributed by atoms with Crippen molar-refractivity contribution in [2.45, 2.75) is 25.8 Å². The predicted octanol–water partition coefficient (Wildman–Crippen LogP) is 0.0789. The number of hydrogen-bond acceptors (Lipinski definition) is 4. The van der Waals surface area contributed by atoms with Gasteiger partial charge in [-0.2, -0.15) is 0 Å². The van der Waals surface area contributed by atoms with Crippen LogP contribution in [0.1, 0.15) is 20.3 Å². The van der Waals surface area contributed by atoms with E-state index in [1.807, 2.05) is 27.9 Å². The van der Waals surface area contributed by atoms with Gasteiger partial charge in [-0.15, -0.1) is 0 Å². The number of nitrogens with one attached hydrogen (secondary N) is 1. The molecule has 7 heteroatoms. The number of carbonyl (C=O) groups excluding carboxylic acids is 1. The van der Waals surface area contributed by atoms with Crippen LogP contribution in [0.4, 0.5) is 0 Å². The Morgan fingerprint density at radius 3 is 2.37 bits per heavy atom. The van der Waals surface area contributed by atoms with Gasteiger partial charge in [0.25, 0.3) is 0 Å². The summed E-state index contributed by atoms with van der Waals surface area (Å²) in [5, 5.41) is 2.82. The smallest absolute Gasteiger partial charge is 0.243 e. The SMILES string of the molecule is C=CC(=O)NC(C)(C)C[N+](C)(C)CCCS(=O)(=O)[O-]. The molecule has 1 amide bonds. The van der Waals surface area contributed by atoms with Gasteiger partial charge in [-0.05, 0) is 19.9 Å². The molecule has 0 atom stereocenters. The number of likely N-dealkylation sites (N-methyl/N-ethyl adjacent to an activating group) is 1. The van der Waals surface area contributed by atoms with Gasteiger partial charge in [-0.25, -0.2) is 8.42 Å². The third kappa shape index (κ3) is 9.63. The standard InChI is InChI=1S/C12H24N2O4S/c1-6-11(15)13-12(2,3)10-14(4,5)8-7-9-19(16,17)18/h6H,1,7-10H2,2-5H3,(H-,13,15,16,17,18). The summed E-state index contributed by atoms with van der Waals surface area (Å²) in [5.74, 6) is -0.596. The lowest BCUT2D eigenvalue weighted by atomic mass is 10.0. The molecular formula is C12H24N2O4S. The molecule has 0 aliphatic carbocycles. The van der Waals surface area contributed by atoms with E-state index >= 15 is 0 Å². The van der Waals surface area contributed by atoms with Crippen LogP contribution in [0.5, 0.6) is 0 Å². The first-order valence-corrected chi connectivity index (χ1v) is 7.65. The molecule has 0 aliphatic heterocycles. The zero-order valence-corrected chi connectivity index (χ0v) is 12.9. The highest BCUT2D eigenvalue weighted by atomic mass is 32.2. The third-order valence-electron chi connectivity index (χ3n) is 2.63. The number of quaternary nitrogens is 1. The van der Waals surface area contributed by atoms with Crippen LogP contribution in [-0.2, 0) is 14.9 Å². The van der Waals surface area contributed by atoms with Crippen LogP contribution in [0.2, 0.25) is 0 Å². The van der Waals surface area contributed by atoms with Gasteiger partial charge in [0.05, 0.1) is 36.3 Å². The number of nitrogens with zero attached hydrogens (tertiary/aromatic N) is 1. The minimum atomic E-state index is -4.16. The Labute approximate surface area is 115 Å². The van der Waals surface area contributed by atoms with Crippen LogP contribution in [-0.4, -0.2) is 61.8 Å². The van der Waals surface area contributed by atoms with Crippen molar-refractivity contribution in [3.63, 3.8) is 0 Å². The van der Waals surface area contributed by atoms with Crippen molar-refractivity contribution in [3.8, 4) is 0 Å². The Morgan fingerprint density at radius 1 is 1.42 bits per heavy atom. The Bertz CT molecular complexity index is 427. The number of hydrogen-bond donors (Lipinski definition) is 1. The molecule has 6 nitrogen and oxygen atoms in total. The first kappa shape index (κ1) is 18.1. The highest BCUT2D eigenvalue weighted by molar-refractivity contribution is 7.85. The largest absolute Gasteiger partial charge is 0.748 e. The van der Waals surface area contributed by atoms with Crippen molar-refractivity contribution in [1.82, 2.24) is 5.32 Å². The molecule has 0 aromatic rings. The van der Waals surface area contributed by atoms with Crippen molar-refractivity contribution in [3.05, 3.63) is 12.7 Å². The maximum atomic E-state index is 11.3. The molecule has 0 heterocycles. The van der Waals surface area contributed by atoms with Gasteiger partial charge in [-0.3, -0.25) is 4.79 Å². The monoisotopic (exact) mass is 292 g/mol. The predicted molar refractivity (Wildman–Crippen MR) is 73.4 cm³/mol. The second-order valence-corrected chi connectivity index (χ2v) is 7.53. The summed E-state index contributed by atoms with van der Waals surface area (Å²) in [5.41, 5.74) is -0.439. The molecule has 0 saturated carbocycles. The van der Waals surface area contributed by atoms with E-state index in [2.05, 4.69) is 11.9 Å². The molecular weight excluding hydrogens is 268 g/mol. The van der Waals surface area contributed by atoms with E-state index in [1.165, 1.54) is 6.08 Å². The van der Waals surface area contributed by atoms with E-state index in [4.69, 9.17) is 0 Å². The second-order valence-electron chi connectivity index (χ2n) is 6.01. The zero-order chi connectivity index (χ0) is 15.3. The fourth-order valence-corrected chi connectivity index (χ4v) is 2.73. The summed E-state index contributed by atoms with van der Waals surface area (Å²) in [4.78, 5) is 11.3. The number of amides is 1. The average Bonchev–Trinajstić information content (AvgIpc) is 2.11. The third-order valence-corrected chi connectivity index (χ3v) is 3.42. The fraction of sp³-hybridized carbons (Fsp3) is 0.750. The van der Waals surface area contributed by atoms with Gasteiger partial charge in [0.2, 0.25) is 5.91 Å². The Balaban J connectivity index is 4.41. The molecule has 0 rings (SSSR count). The Morgan fingerprint density at radius 2 is 1.95 bits per heavy atom. The summed E-state index contributed by atoms with van der Waals surface area (Å²) in [7, 11) is -0.297. The van der Waals surface area contributed by atoms with Crippen LogP contribution in [0.15, 0.2) is 12.7 Å². The molecule has 0 radical (unpaired) electrons. The van der Waals surface area contributed by atoms with E-state index in [-0.39, 0.29) is 11.7 Å². The minimum Gasteiger partial charge on any atom is -0.748 e. The summed E-state index contributed by atoms with van der Waals surface area (Å²) < 4.78 is 32.2. The van der Waals surface area contributed by atoms with Gasteiger partial charge in [0.15, 0.2) is 0 Å². The van der Waals surface area contributed by atoms with Crippen LogP contribution in [0, 0.1) is 0 Å². The first-order valence-electron chi connectivity index (χ1n) is 6.07. The molecule has 0 bridgehead atoms. The van der Waals surface area contributed by atoms with E-state index in [1.54, 1.807) is 0 Å².